The molecule has 0 saturated heterocycles. The van der Waals surface area contributed by atoms with E-state index in [1.54, 1.807) is 6.07 Å². The second-order valence-electron chi connectivity index (χ2n) is 3.42. The van der Waals surface area contributed by atoms with Crippen molar-refractivity contribution in [2.45, 2.75) is 0 Å². The Morgan fingerprint density at radius 2 is 1.05 bits per heavy atom. The van der Waals surface area contributed by atoms with Crippen molar-refractivity contribution >= 4 is 0 Å². The van der Waals surface area contributed by atoms with Crippen LogP contribution in [0.15, 0.2) is 72.8 Å². The van der Waals surface area contributed by atoms with E-state index in [0.717, 1.165) is 0 Å². The summed E-state index contributed by atoms with van der Waals surface area (Å²) >= 11 is 0. The van der Waals surface area contributed by atoms with Gasteiger partial charge in [0.15, 0.2) is 0 Å². The molecule has 0 amide bonds. The second kappa shape index (κ2) is 11.3. The van der Waals surface area contributed by atoms with Gasteiger partial charge in [0.1, 0.15) is 0 Å². The Bertz CT molecular complexity index is 420. The first-order chi connectivity index (χ1) is 9.18. The fourth-order valence-corrected chi connectivity index (χ4v) is 1.11. The first-order valence-corrected chi connectivity index (χ1v) is 5.55. The van der Waals surface area contributed by atoms with Crippen molar-refractivity contribution in [2.24, 2.45) is 0 Å². The van der Waals surface area contributed by atoms with Gasteiger partial charge >= 0.3 is 21.7 Å². The number of hydrogen-bond donors (Lipinski definition) is 0. The van der Waals surface area contributed by atoms with Crippen molar-refractivity contribution in [2.75, 3.05) is 0 Å². The minimum absolute atomic E-state index is 0. The summed E-state index contributed by atoms with van der Waals surface area (Å²) in [7, 11) is 0. The van der Waals surface area contributed by atoms with Crippen LogP contribution in [-0.4, -0.2) is 0 Å². The molecule has 3 rings (SSSR count). The van der Waals surface area contributed by atoms with Gasteiger partial charge < -0.3 is 0 Å². The standard InChI is InChI=1S/C6H2F3.2C5H5.Ti/c7-4-1-5(8)3-6(9)2-4;2*1-2-4-5-3-1;/h1-2H;2*1-5H;/q3*-1;+3. The molecule has 0 heterocycles. The molecular weight excluding hydrogens is 297 g/mol. The minimum Gasteiger partial charge on any atom is -0.236 e. The Balaban J connectivity index is 0.000000282. The topological polar surface area (TPSA) is 0 Å². The van der Waals surface area contributed by atoms with Gasteiger partial charge in [-0.3, -0.25) is 0 Å². The Labute approximate surface area is 131 Å². The van der Waals surface area contributed by atoms with Crippen molar-refractivity contribution in [3.63, 3.8) is 0 Å². The quantitative estimate of drug-likeness (QED) is 0.417. The first kappa shape index (κ1) is 18.4. The summed E-state index contributed by atoms with van der Waals surface area (Å²) in [6.07, 6.45) is 0. The van der Waals surface area contributed by atoms with Crippen molar-refractivity contribution in [1.82, 2.24) is 0 Å². The molecule has 0 aliphatic rings. The molecule has 0 bridgehead atoms. The molecule has 0 aliphatic carbocycles. The molecule has 0 spiro atoms. The fourth-order valence-electron chi connectivity index (χ4n) is 1.11. The van der Waals surface area contributed by atoms with E-state index in [4.69, 9.17) is 0 Å². The Kier molecular flexibility index (Phi) is 10.4. The van der Waals surface area contributed by atoms with Crippen molar-refractivity contribution in [3.8, 4) is 0 Å². The van der Waals surface area contributed by atoms with E-state index in [9.17, 15) is 13.2 Å². The number of benzene rings is 1. The van der Waals surface area contributed by atoms with E-state index in [1.807, 2.05) is 60.7 Å². The third kappa shape index (κ3) is 9.37. The van der Waals surface area contributed by atoms with Gasteiger partial charge in [0.2, 0.25) is 0 Å². The van der Waals surface area contributed by atoms with Gasteiger partial charge in [0.25, 0.3) is 0 Å². The average molecular weight is 309 g/mol. The van der Waals surface area contributed by atoms with Gasteiger partial charge in [-0.15, -0.1) is 18.2 Å². The second-order valence-corrected chi connectivity index (χ2v) is 3.42. The van der Waals surface area contributed by atoms with Crippen molar-refractivity contribution < 1.29 is 34.9 Å². The molecule has 0 aliphatic heterocycles. The monoisotopic (exact) mass is 309 g/mol. The van der Waals surface area contributed by atoms with Crippen LogP contribution in [0.5, 0.6) is 0 Å². The zero-order chi connectivity index (χ0) is 13.9. The van der Waals surface area contributed by atoms with Crippen LogP contribution >= 0.6 is 0 Å². The molecule has 3 aromatic rings. The maximum absolute atomic E-state index is 11.9. The van der Waals surface area contributed by atoms with Crippen LogP contribution in [0.4, 0.5) is 13.2 Å². The van der Waals surface area contributed by atoms with E-state index >= 15 is 0 Å². The molecule has 0 aromatic heterocycles. The van der Waals surface area contributed by atoms with Gasteiger partial charge in [-0.25, -0.2) is 37.4 Å². The van der Waals surface area contributed by atoms with Crippen LogP contribution in [0.25, 0.3) is 0 Å². The smallest absolute Gasteiger partial charge is 0.236 e. The Morgan fingerprint density at radius 3 is 1.25 bits per heavy atom. The molecule has 0 N–H and O–H groups in total. The summed E-state index contributed by atoms with van der Waals surface area (Å²) in [5, 5.41) is 0. The van der Waals surface area contributed by atoms with Crippen molar-refractivity contribution in [1.29, 1.82) is 0 Å². The molecule has 101 valence electrons. The predicted octanol–water partition coefficient (Wildman–Crippen LogP) is 4.71. The van der Waals surface area contributed by atoms with E-state index in [1.165, 1.54) is 0 Å². The van der Waals surface area contributed by atoms with Gasteiger partial charge in [0, 0.05) is 17.5 Å². The fraction of sp³-hybridized carbons (Fsp3) is 0. The number of halogens is 3. The van der Waals surface area contributed by atoms with Crippen LogP contribution in [0, 0.1) is 23.5 Å². The third-order valence-electron chi connectivity index (χ3n) is 1.88. The zero-order valence-electron chi connectivity index (χ0n) is 10.6. The number of hydrogen-bond acceptors (Lipinski definition) is 0. The van der Waals surface area contributed by atoms with E-state index in [2.05, 4.69) is 0 Å². The van der Waals surface area contributed by atoms with E-state index in [-0.39, 0.29) is 21.7 Å². The molecule has 20 heavy (non-hydrogen) atoms. The minimum atomic E-state index is -1.02. The predicted molar refractivity (Wildman–Crippen MR) is 69.2 cm³/mol. The molecular formula is C16H12F3Ti. The Morgan fingerprint density at radius 1 is 0.700 bits per heavy atom. The summed E-state index contributed by atoms with van der Waals surface area (Å²) in [6.45, 7) is 0. The van der Waals surface area contributed by atoms with Crippen LogP contribution < -0.4 is 0 Å². The molecule has 0 nitrogen and oxygen atoms in total. The number of rotatable bonds is 0. The molecule has 1 radical (unpaired) electrons. The molecule has 0 fully saturated rings. The molecule has 4 heteroatoms. The van der Waals surface area contributed by atoms with Crippen LogP contribution in [-0.2, 0) is 21.7 Å². The Hall–Kier alpha value is -1.58. The van der Waals surface area contributed by atoms with Gasteiger partial charge in [0.05, 0.1) is 0 Å². The summed E-state index contributed by atoms with van der Waals surface area (Å²) in [4.78, 5) is 0. The van der Waals surface area contributed by atoms with Crippen LogP contribution in [0.2, 0.25) is 0 Å². The first-order valence-electron chi connectivity index (χ1n) is 5.55. The van der Waals surface area contributed by atoms with Crippen LogP contribution in [0.1, 0.15) is 0 Å². The average Bonchev–Trinajstić information content (AvgIpc) is 3.07. The third-order valence-corrected chi connectivity index (χ3v) is 1.88. The SMILES string of the molecule is Fc1[c-]c(F)cc(F)c1.[Ti+3].c1cc[cH-]c1.c1cc[cH-]c1. The summed E-state index contributed by atoms with van der Waals surface area (Å²) in [5.74, 6) is -2.97. The van der Waals surface area contributed by atoms with E-state index in [0.29, 0.717) is 12.1 Å². The summed E-state index contributed by atoms with van der Waals surface area (Å²) in [6, 6.07) is 22.8. The van der Waals surface area contributed by atoms with Gasteiger partial charge in [-0.05, 0) is 0 Å². The van der Waals surface area contributed by atoms with E-state index < -0.39 is 17.5 Å². The van der Waals surface area contributed by atoms with Gasteiger partial charge in [-0.2, -0.15) is 36.4 Å². The molecule has 0 unspecified atom stereocenters. The molecule has 3 aromatic carbocycles. The van der Waals surface area contributed by atoms with Crippen molar-refractivity contribution in [3.05, 3.63) is 96.3 Å². The normalized spacial score (nSPS) is 8.35. The molecule has 0 saturated carbocycles. The summed E-state index contributed by atoms with van der Waals surface area (Å²) < 4.78 is 35.7. The zero-order valence-corrected chi connectivity index (χ0v) is 12.1. The largest absolute Gasteiger partial charge is 3.00 e. The summed E-state index contributed by atoms with van der Waals surface area (Å²) in [5.41, 5.74) is 0. The van der Waals surface area contributed by atoms with Crippen LogP contribution in [0.3, 0.4) is 0 Å². The maximum atomic E-state index is 11.9. The maximum Gasteiger partial charge on any atom is 3.00 e. The van der Waals surface area contributed by atoms with Gasteiger partial charge in [-0.1, -0.05) is 0 Å². The molecule has 0 atom stereocenters.